The zero-order chi connectivity index (χ0) is 17.0. The molecule has 0 aliphatic carbocycles. The van der Waals surface area contributed by atoms with Gasteiger partial charge in [0.05, 0.1) is 22.0 Å². The molecule has 2 aromatic rings. The van der Waals surface area contributed by atoms with Crippen molar-refractivity contribution in [1.82, 2.24) is 0 Å². The smallest absolute Gasteiger partial charge is 0.313 e. The summed E-state index contributed by atoms with van der Waals surface area (Å²) in [5, 5.41) is 22.1. The fourth-order valence-electron chi connectivity index (χ4n) is 1.86. The first-order chi connectivity index (χ1) is 10.9. The second-order valence-electron chi connectivity index (χ2n) is 4.33. The lowest BCUT2D eigenvalue weighted by Gasteiger charge is -2.08. The minimum atomic E-state index is -0.642. The van der Waals surface area contributed by atoms with Crippen molar-refractivity contribution in [2.45, 2.75) is 6.61 Å². The summed E-state index contributed by atoms with van der Waals surface area (Å²) in [6.07, 6.45) is 0. The fourth-order valence-corrected chi connectivity index (χ4v) is 2.02. The highest BCUT2D eigenvalue weighted by Gasteiger charge is 2.19. The number of nitro groups is 2. The first-order valence-corrected chi connectivity index (χ1v) is 6.51. The number of hydrogen-bond donors (Lipinski definition) is 1. The molecule has 0 heterocycles. The van der Waals surface area contributed by atoms with Crippen LogP contribution < -0.4 is 10.6 Å². The van der Waals surface area contributed by atoms with Crippen LogP contribution in [0.3, 0.4) is 0 Å². The molecule has 2 aromatic carbocycles. The number of ether oxygens (including phenoxy) is 1. The van der Waals surface area contributed by atoms with Gasteiger partial charge in [0.1, 0.15) is 5.75 Å². The minimum Gasteiger partial charge on any atom is -0.450 e. The molecule has 0 aromatic heterocycles. The molecule has 0 bridgehead atoms. The quantitative estimate of drug-likeness (QED) is 0.630. The summed E-state index contributed by atoms with van der Waals surface area (Å²) in [6, 6.07) is 7.75. The molecule has 9 nitrogen and oxygen atoms in total. The van der Waals surface area contributed by atoms with Crippen molar-refractivity contribution in [3.05, 3.63) is 67.2 Å². The molecule has 2 N–H and O–H groups in total. The van der Waals surface area contributed by atoms with Crippen LogP contribution >= 0.6 is 11.6 Å². The first kappa shape index (κ1) is 16.6. The molecule has 0 amide bonds. The molecule has 0 atom stereocenters. The van der Waals surface area contributed by atoms with E-state index >= 15 is 0 Å². The second kappa shape index (κ2) is 7.01. The Morgan fingerprint density at radius 3 is 2.35 bits per heavy atom. The molecule has 120 valence electrons. The third-order valence-corrected chi connectivity index (χ3v) is 3.07. The van der Waals surface area contributed by atoms with Gasteiger partial charge in [-0.1, -0.05) is 11.6 Å². The van der Waals surface area contributed by atoms with Gasteiger partial charge in [0, 0.05) is 17.2 Å². The predicted octanol–water partition coefficient (Wildman–Crippen LogP) is 3.34. The summed E-state index contributed by atoms with van der Waals surface area (Å²) in [4.78, 5) is 25.1. The van der Waals surface area contributed by atoms with E-state index in [-0.39, 0.29) is 40.1 Å². The maximum atomic E-state index is 11.0. The minimum absolute atomic E-state index is 0.0483. The average molecular weight is 340 g/mol. The molecule has 0 aliphatic heterocycles. The summed E-state index contributed by atoms with van der Waals surface area (Å²) in [7, 11) is 0. The molecular weight excluding hydrogens is 330 g/mol. The van der Waals surface area contributed by atoms with Crippen LogP contribution in [0.2, 0.25) is 5.02 Å². The highest BCUT2D eigenvalue weighted by atomic mass is 35.5. The second-order valence-corrected chi connectivity index (χ2v) is 4.77. The number of halogens is 1. The monoisotopic (exact) mass is 339 g/mol. The molecule has 0 radical (unpaired) electrons. The number of benzene rings is 2. The lowest BCUT2D eigenvalue weighted by atomic mass is 10.2. The van der Waals surface area contributed by atoms with E-state index in [1.165, 1.54) is 30.3 Å². The Labute approximate surface area is 134 Å². The van der Waals surface area contributed by atoms with E-state index in [2.05, 4.69) is 4.84 Å². The van der Waals surface area contributed by atoms with Gasteiger partial charge in [-0.25, -0.2) is 5.90 Å². The molecule has 0 aliphatic rings. The molecule has 0 saturated carbocycles. The number of nitro benzene ring substituents is 2. The Morgan fingerprint density at radius 2 is 1.74 bits per heavy atom. The molecule has 0 unspecified atom stereocenters. The molecule has 2 rings (SSSR count). The van der Waals surface area contributed by atoms with Crippen molar-refractivity contribution in [3.63, 3.8) is 0 Å². The highest BCUT2D eigenvalue weighted by molar-refractivity contribution is 6.30. The van der Waals surface area contributed by atoms with Crippen LogP contribution in [0.15, 0.2) is 36.4 Å². The van der Waals surface area contributed by atoms with Gasteiger partial charge in [-0.05, 0) is 24.3 Å². The molecule has 10 heteroatoms. The Balaban J connectivity index is 2.39. The van der Waals surface area contributed by atoms with Crippen LogP contribution in [-0.2, 0) is 11.4 Å². The van der Waals surface area contributed by atoms with E-state index < -0.39 is 9.85 Å². The standard InChI is InChI=1S/C13H10ClN3O6/c14-9-1-4-13(12(6-9)17(20)21)23-10-2-3-11(16(18)19)8(5-10)7-22-15/h1-6H,7,15H2. The van der Waals surface area contributed by atoms with Crippen LogP contribution in [0.4, 0.5) is 11.4 Å². The van der Waals surface area contributed by atoms with E-state index in [0.29, 0.717) is 0 Å². The van der Waals surface area contributed by atoms with Crippen LogP contribution in [0.1, 0.15) is 5.56 Å². The lowest BCUT2D eigenvalue weighted by molar-refractivity contribution is -0.386. The summed E-state index contributed by atoms with van der Waals surface area (Å²) >= 11 is 5.72. The predicted molar refractivity (Wildman–Crippen MR) is 80.3 cm³/mol. The van der Waals surface area contributed by atoms with Crippen molar-refractivity contribution in [3.8, 4) is 11.5 Å². The van der Waals surface area contributed by atoms with Crippen molar-refractivity contribution in [1.29, 1.82) is 0 Å². The summed E-state index contributed by atoms with van der Waals surface area (Å²) in [5.74, 6) is 5.06. The first-order valence-electron chi connectivity index (χ1n) is 6.13. The van der Waals surface area contributed by atoms with Gasteiger partial charge >= 0.3 is 5.69 Å². The maximum Gasteiger partial charge on any atom is 0.313 e. The Morgan fingerprint density at radius 1 is 1.04 bits per heavy atom. The van der Waals surface area contributed by atoms with Crippen molar-refractivity contribution in [2.24, 2.45) is 5.90 Å². The highest BCUT2D eigenvalue weighted by Crippen LogP contribution is 2.35. The van der Waals surface area contributed by atoms with E-state index in [1.807, 2.05) is 0 Å². The zero-order valence-electron chi connectivity index (χ0n) is 11.5. The number of rotatable bonds is 6. The van der Waals surface area contributed by atoms with E-state index in [0.717, 1.165) is 6.07 Å². The Hall–Kier alpha value is -2.75. The maximum absolute atomic E-state index is 11.0. The summed E-state index contributed by atoms with van der Waals surface area (Å²) in [5.41, 5.74) is -0.354. The van der Waals surface area contributed by atoms with Gasteiger partial charge in [0.15, 0.2) is 0 Å². The largest absolute Gasteiger partial charge is 0.450 e. The third-order valence-electron chi connectivity index (χ3n) is 2.83. The van der Waals surface area contributed by atoms with Crippen LogP contribution in [0.5, 0.6) is 11.5 Å². The third kappa shape index (κ3) is 3.92. The number of hydrogen-bond acceptors (Lipinski definition) is 7. The normalized spacial score (nSPS) is 10.3. The van der Waals surface area contributed by atoms with Crippen LogP contribution in [0, 0.1) is 20.2 Å². The number of nitrogens with two attached hydrogens (primary N) is 1. The molecule has 23 heavy (non-hydrogen) atoms. The lowest BCUT2D eigenvalue weighted by Crippen LogP contribution is -2.03. The summed E-state index contributed by atoms with van der Waals surface area (Å²) in [6.45, 7) is -0.212. The van der Waals surface area contributed by atoms with Crippen LogP contribution in [0.25, 0.3) is 0 Å². The van der Waals surface area contributed by atoms with Gasteiger partial charge in [0.25, 0.3) is 5.69 Å². The average Bonchev–Trinajstić information content (AvgIpc) is 2.49. The zero-order valence-corrected chi connectivity index (χ0v) is 12.2. The van der Waals surface area contributed by atoms with Crippen molar-refractivity contribution in [2.75, 3.05) is 0 Å². The summed E-state index contributed by atoms with van der Waals surface area (Å²) < 4.78 is 5.43. The molecule has 0 fully saturated rings. The molecular formula is C13H10ClN3O6. The van der Waals surface area contributed by atoms with Crippen molar-refractivity contribution < 1.29 is 19.4 Å². The van der Waals surface area contributed by atoms with Gasteiger partial charge in [0.2, 0.25) is 5.75 Å². The van der Waals surface area contributed by atoms with E-state index in [9.17, 15) is 20.2 Å². The van der Waals surface area contributed by atoms with Gasteiger partial charge in [-0.3, -0.25) is 25.1 Å². The van der Waals surface area contributed by atoms with E-state index in [4.69, 9.17) is 22.2 Å². The Bertz CT molecular complexity index is 767. The van der Waals surface area contributed by atoms with Gasteiger partial charge in [-0.2, -0.15) is 0 Å². The fraction of sp³-hybridized carbons (Fsp3) is 0.0769. The van der Waals surface area contributed by atoms with Crippen molar-refractivity contribution >= 4 is 23.0 Å². The topological polar surface area (TPSA) is 131 Å². The van der Waals surface area contributed by atoms with Crippen LogP contribution in [-0.4, -0.2) is 9.85 Å². The SMILES string of the molecule is NOCc1cc(Oc2ccc(Cl)cc2[N+](=O)[O-])ccc1[N+](=O)[O-]. The molecule has 0 spiro atoms. The van der Waals surface area contributed by atoms with Gasteiger partial charge in [-0.15, -0.1) is 0 Å². The van der Waals surface area contributed by atoms with Gasteiger partial charge < -0.3 is 4.74 Å². The molecule has 0 saturated heterocycles. The van der Waals surface area contributed by atoms with E-state index in [1.54, 1.807) is 0 Å². The number of nitrogens with zero attached hydrogens (tertiary/aromatic N) is 2. The Kier molecular flexibility index (Phi) is 5.06.